The van der Waals surface area contributed by atoms with Gasteiger partial charge in [-0.1, -0.05) is 19.8 Å². The Morgan fingerprint density at radius 3 is 2.67 bits per heavy atom. The zero-order chi connectivity index (χ0) is 15.6. The van der Waals surface area contributed by atoms with Gasteiger partial charge in [0.05, 0.1) is 17.3 Å². The first kappa shape index (κ1) is 15.8. The molecule has 2 unspecified atom stereocenters. The Balaban J connectivity index is 2.31. The van der Waals surface area contributed by atoms with Gasteiger partial charge in [0.15, 0.2) is 0 Å². The Hall–Kier alpha value is -1.58. The second-order valence-corrected chi connectivity index (χ2v) is 7.78. The predicted molar refractivity (Wildman–Crippen MR) is 81.9 cm³/mol. The average Bonchev–Trinajstić information content (AvgIpc) is 2.45. The van der Waals surface area contributed by atoms with Crippen LogP contribution in [0.1, 0.15) is 38.2 Å². The lowest BCUT2D eigenvalue weighted by molar-refractivity contribution is 0.239. The molecule has 0 spiro atoms. The Morgan fingerprint density at radius 2 is 2.10 bits per heavy atom. The Labute approximate surface area is 126 Å². The van der Waals surface area contributed by atoms with Crippen LogP contribution >= 0.6 is 0 Å². The van der Waals surface area contributed by atoms with Crippen LogP contribution in [0.15, 0.2) is 23.1 Å². The van der Waals surface area contributed by atoms with E-state index in [9.17, 15) is 8.42 Å². The second kappa shape index (κ2) is 6.04. The first-order valence-corrected chi connectivity index (χ1v) is 8.58. The molecule has 1 aromatic carbocycles. The van der Waals surface area contributed by atoms with Crippen molar-refractivity contribution in [1.29, 1.82) is 5.26 Å². The van der Waals surface area contributed by atoms with Crippen molar-refractivity contribution >= 4 is 15.7 Å². The van der Waals surface area contributed by atoms with Gasteiger partial charge in [0, 0.05) is 13.1 Å². The molecule has 1 saturated carbocycles. The van der Waals surface area contributed by atoms with Gasteiger partial charge in [-0.2, -0.15) is 9.57 Å². The minimum absolute atomic E-state index is 0.0220. The van der Waals surface area contributed by atoms with Gasteiger partial charge in [-0.05, 0) is 37.0 Å². The van der Waals surface area contributed by atoms with Gasteiger partial charge >= 0.3 is 0 Å². The molecular formula is C15H21N3O2S. The van der Waals surface area contributed by atoms with Crippen LogP contribution in [0.25, 0.3) is 0 Å². The number of sulfonamides is 1. The lowest BCUT2D eigenvalue weighted by Gasteiger charge is -2.33. The smallest absolute Gasteiger partial charge is 0.245 e. The normalized spacial score (nSPS) is 23.0. The maximum atomic E-state index is 12.7. The number of benzene rings is 1. The maximum absolute atomic E-state index is 12.7. The number of hydrogen-bond donors (Lipinski definition) is 1. The van der Waals surface area contributed by atoms with Crippen LogP contribution in [0.4, 0.5) is 5.69 Å². The highest BCUT2D eigenvalue weighted by atomic mass is 32.2. The number of nitriles is 1. The van der Waals surface area contributed by atoms with E-state index in [-0.39, 0.29) is 16.6 Å². The van der Waals surface area contributed by atoms with Crippen LogP contribution in [-0.2, 0) is 10.0 Å². The van der Waals surface area contributed by atoms with Crippen molar-refractivity contribution in [2.24, 2.45) is 5.92 Å². The molecule has 0 aliphatic heterocycles. The van der Waals surface area contributed by atoms with E-state index in [1.54, 1.807) is 7.05 Å². The summed E-state index contributed by atoms with van der Waals surface area (Å²) in [6.07, 6.45) is 3.97. The molecule has 2 rings (SSSR count). The van der Waals surface area contributed by atoms with E-state index in [1.165, 1.54) is 22.5 Å². The highest BCUT2D eigenvalue weighted by Crippen LogP contribution is 2.31. The number of rotatable bonds is 3. The fraction of sp³-hybridized carbons (Fsp3) is 0.533. The lowest BCUT2D eigenvalue weighted by Crippen LogP contribution is -2.40. The first-order valence-electron chi connectivity index (χ1n) is 7.14. The van der Waals surface area contributed by atoms with Crippen molar-refractivity contribution < 1.29 is 8.42 Å². The first-order chi connectivity index (χ1) is 9.86. The molecule has 0 bridgehead atoms. The minimum Gasteiger partial charge on any atom is -0.398 e. The molecule has 5 nitrogen and oxygen atoms in total. The molecule has 1 aromatic rings. The van der Waals surface area contributed by atoms with Crippen LogP contribution in [0.5, 0.6) is 0 Å². The molecule has 0 aromatic heterocycles. The molecule has 1 fully saturated rings. The molecule has 6 heteroatoms. The maximum Gasteiger partial charge on any atom is 0.245 e. The number of anilines is 1. The van der Waals surface area contributed by atoms with E-state index >= 15 is 0 Å². The van der Waals surface area contributed by atoms with Crippen LogP contribution in [0.2, 0.25) is 0 Å². The molecule has 0 radical (unpaired) electrons. The summed E-state index contributed by atoms with van der Waals surface area (Å²) in [6.45, 7) is 2.16. The molecule has 0 heterocycles. The summed E-state index contributed by atoms with van der Waals surface area (Å²) >= 11 is 0. The van der Waals surface area contributed by atoms with Crippen LogP contribution < -0.4 is 5.73 Å². The van der Waals surface area contributed by atoms with Gasteiger partial charge in [0.2, 0.25) is 10.0 Å². The Kier molecular flexibility index (Phi) is 4.55. The van der Waals surface area contributed by atoms with E-state index in [2.05, 4.69) is 6.92 Å². The molecule has 2 atom stereocenters. The number of nitrogens with zero attached hydrogens (tertiary/aromatic N) is 2. The van der Waals surface area contributed by atoms with Crippen LogP contribution in [0.3, 0.4) is 0 Å². The van der Waals surface area contributed by atoms with Gasteiger partial charge in [-0.25, -0.2) is 8.42 Å². The molecule has 114 valence electrons. The molecular weight excluding hydrogens is 286 g/mol. The van der Waals surface area contributed by atoms with E-state index in [0.717, 1.165) is 25.7 Å². The fourth-order valence-corrected chi connectivity index (χ4v) is 4.43. The number of nitrogens with two attached hydrogens (primary N) is 1. The topological polar surface area (TPSA) is 87.2 Å². The Bertz CT molecular complexity index is 664. The summed E-state index contributed by atoms with van der Waals surface area (Å²) in [5.41, 5.74) is 6.31. The monoisotopic (exact) mass is 307 g/mol. The van der Waals surface area contributed by atoms with E-state index in [1.807, 2.05) is 6.07 Å². The lowest BCUT2D eigenvalue weighted by atomic mass is 9.87. The summed E-state index contributed by atoms with van der Waals surface area (Å²) in [7, 11) is -2.00. The fourth-order valence-electron chi connectivity index (χ4n) is 2.94. The molecule has 1 aliphatic carbocycles. The van der Waals surface area contributed by atoms with E-state index in [4.69, 9.17) is 11.0 Å². The molecule has 2 N–H and O–H groups in total. The van der Waals surface area contributed by atoms with Gasteiger partial charge in [-0.15, -0.1) is 0 Å². The summed E-state index contributed by atoms with van der Waals surface area (Å²) in [5, 5.41) is 8.83. The third-order valence-electron chi connectivity index (χ3n) is 4.22. The van der Waals surface area contributed by atoms with Crippen LogP contribution in [0, 0.1) is 17.2 Å². The SMILES string of the molecule is CC1CCCC(N(C)S(=O)(=O)c2ccc(C#N)cc2N)C1. The van der Waals surface area contributed by atoms with Crippen molar-refractivity contribution in [3.05, 3.63) is 23.8 Å². The second-order valence-electron chi connectivity index (χ2n) is 5.81. The summed E-state index contributed by atoms with van der Waals surface area (Å²) in [5.74, 6) is 0.541. The van der Waals surface area contributed by atoms with Crippen molar-refractivity contribution in [1.82, 2.24) is 4.31 Å². The highest BCUT2D eigenvalue weighted by molar-refractivity contribution is 7.89. The van der Waals surface area contributed by atoms with Crippen molar-refractivity contribution in [2.75, 3.05) is 12.8 Å². The zero-order valence-corrected chi connectivity index (χ0v) is 13.2. The van der Waals surface area contributed by atoms with E-state index < -0.39 is 10.0 Å². The van der Waals surface area contributed by atoms with E-state index in [0.29, 0.717) is 11.5 Å². The molecule has 21 heavy (non-hydrogen) atoms. The summed E-state index contributed by atoms with van der Waals surface area (Å²) in [6, 6.07) is 6.29. The standard InChI is InChI=1S/C15H21N3O2S/c1-11-4-3-5-13(8-11)18(2)21(19,20)15-7-6-12(10-16)9-14(15)17/h6-7,9,11,13H,3-5,8,17H2,1-2H3. The summed E-state index contributed by atoms with van der Waals surface area (Å²) < 4.78 is 26.9. The van der Waals surface area contributed by atoms with Crippen molar-refractivity contribution in [3.63, 3.8) is 0 Å². The Morgan fingerprint density at radius 1 is 1.38 bits per heavy atom. The van der Waals surface area contributed by atoms with Crippen LogP contribution in [-0.4, -0.2) is 25.8 Å². The third kappa shape index (κ3) is 3.20. The molecule has 0 saturated heterocycles. The predicted octanol–water partition coefficient (Wildman–Crippen LogP) is 2.34. The zero-order valence-electron chi connectivity index (χ0n) is 12.4. The number of hydrogen-bond acceptors (Lipinski definition) is 4. The van der Waals surface area contributed by atoms with Gasteiger partial charge < -0.3 is 5.73 Å². The quantitative estimate of drug-likeness (QED) is 0.868. The van der Waals surface area contributed by atoms with Gasteiger partial charge in [-0.3, -0.25) is 0 Å². The largest absolute Gasteiger partial charge is 0.398 e. The summed E-state index contributed by atoms with van der Waals surface area (Å²) in [4.78, 5) is 0.0854. The average molecular weight is 307 g/mol. The van der Waals surface area contributed by atoms with Crippen molar-refractivity contribution in [3.8, 4) is 6.07 Å². The number of nitrogen functional groups attached to an aromatic ring is 1. The van der Waals surface area contributed by atoms with Gasteiger partial charge in [0.1, 0.15) is 4.90 Å². The third-order valence-corrected chi connectivity index (χ3v) is 6.20. The van der Waals surface area contributed by atoms with Gasteiger partial charge in [0.25, 0.3) is 0 Å². The minimum atomic E-state index is -3.62. The molecule has 0 amide bonds. The van der Waals surface area contributed by atoms with Crippen molar-refractivity contribution in [2.45, 2.75) is 43.5 Å². The highest BCUT2D eigenvalue weighted by Gasteiger charge is 2.32. The molecule has 1 aliphatic rings.